The van der Waals surface area contributed by atoms with Crippen LogP contribution in [0.25, 0.3) is 0 Å². The van der Waals surface area contributed by atoms with E-state index in [0.717, 1.165) is 0 Å². The maximum Gasteiger partial charge on any atom is 0.222 e. The highest BCUT2D eigenvalue weighted by Crippen LogP contribution is 1.82. The van der Waals surface area contributed by atoms with Crippen molar-refractivity contribution in [3.05, 3.63) is 0 Å². The fourth-order valence-electron chi connectivity index (χ4n) is 0.332. The lowest BCUT2D eigenvalue weighted by atomic mass is 10.5. The lowest BCUT2D eigenvalue weighted by molar-refractivity contribution is -0.114. The van der Waals surface area contributed by atoms with Gasteiger partial charge in [-0.2, -0.15) is 0 Å². The molecule has 0 aromatic heterocycles. The highest BCUT2D eigenvalue weighted by Gasteiger charge is 2.06. The van der Waals surface area contributed by atoms with Crippen molar-refractivity contribution in [3.63, 3.8) is 0 Å². The van der Waals surface area contributed by atoms with Gasteiger partial charge in [-0.05, 0) is 12.8 Å². The van der Waals surface area contributed by atoms with Gasteiger partial charge in [-0.3, -0.25) is 0 Å². The number of carbonyl (C=O) groups is 2. The van der Waals surface area contributed by atoms with Crippen LogP contribution in [0.1, 0.15) is 26.7 Å². The molecule has 0 unspecified atom stereocenters. The average molecular weight is 142 g/mol. The van der Waals surface area contributed by atoms with Crippen LogP contribution in [0.2, 0.25) is 0 Å². The third-order valence-electron chi connectivity index (χ3n) is 0.921. The van der Waals surface area contributed by atoms with Crippen molar-refractivity contribution in [1.29, 1.82) is 0 Å². The molecule has 9 heavy (non-hydrogen) atoms. The summed E-state index contributed by atoms with van der Waals surface area (Å²) in [6.45, 7) is 3.55. The molecule has 0 aromatic carbocycles. The van der Waals surface area contributed by atoms with Crippen LogP contribution >= 0.6 is 0 Å². The van der Waals surface area contributed by atoms with Gasteiger partial charge in [-0.25, -0.2) is 0 Å². The largest absolute Gasteiger partial charge is 0.305 e. The second-order valence-corrected chi connectivity index (χ2v) is 3.04. The van der Waals surface area contributed by atoms with Crippen molar-refractivity contribution in [3.8, 4) is 0 Å². The Labute approximate surface area is 57.5 Å². The zero-order valence-electron chi connectivity index (χ0n) is 5.73. The summed E-state index contributed by atoms with van der Waals surface area (Å²) in [6.07, 6.45) is 0.981. The molecular weight excluding hydrogens is 132 g/mol. The molecule has 0 bridgehead atoms. The molecule has 3 heteroatoms. The summed E-state index contributed by atoms with van der Waals surface area (Å²) < 4.78 is 0. The predicted octanol–water partition coefficient (Wildman–Crippen LogP) is 0.564. The first kappa shape index (κ1) is 8.56. The van der Waals surface area contributed by atoms with E-state index in [0.29, 0.717) is 12.8 Å². The van der Waals surface area contributed by atoms with Crippen LogP contribution in [0.15, 0.2) is 0 Å². The van der Waals surface area contributed by atoms with E-state index in [9.17, 15) is 9.59 Å². The van der Waals surface area contributed by atoms with Crippen LogP contribution in [0.5, 0.6) is 0 Å². The van der Waals surface area contributed by atoms with E-state index in [1.807, 2.05) is 0 Å². The van der Waals surface area contributed by atoms with E-state index in [-0.39, 0.29) is 20.3 Å². The van der Waals surface area contributed by atoms with Crippen LogP contribution in [-0.4, -0.2) is 20.3 Å². The molecule has 0 rings (SSSR count). The highest BCUT2D eigenvalue weighted by molar-refractivity contribution is 6.97. The Hall–Kier alpha value is -0.443. The molecule has 0 aliphatic heterocycles. The Morgan fingerprint density at radius 2 is 1.44 bits per heavy atom. The summed E-state index contributed by atoms with van der Waals surface area (Å²) in [7, 11) is -0.0980. The summed E-state index contributed by atoms with van der Waals surface area (Å²) in [5, 5.41) is 0.142. The number of hydrogen-bond acceptors (Lipinski definition) is 2. The van der Waals surface area contributed by atoms with Crippen molar-refractivity contribution in [2.24, 2.45) is 0 Å². The van der Waals surface area contributed by atoms with E-state index < -0.39 is 0 Å². The molecule has 0 N–H and O–H groups in total. The number of carbonyl (C=O) groups excluding carboxylic acids is 2. The minimum atomic E-state index is -0.0980. The maximum atomic E-state index is 10.6. The summed E-state index contributed by atoms with van der Waals surface area (Å²) >= 11 is 0. The van der Waals surface area contributed by atoms with Gasteiger partial charge >= 0.3 is 0 Å². The Balaban J connectivity index is 3.47. The van der Waals surface area contributed by atoms with Gasteiger partial charge in [0.25, 0.3) is 0 Å². The van der Waals surface area contributed by atoms with Gasteiger partial charge in [-0.1, -0.05) is 13.8 Å². The molecular formula is C6H10O2Si. The van der Waals surface area contributed by atoms with Crippen molar-refractivity contribution < 1.29 is 9.59 Å². The highest BCUT2D eigenvalue weighted by atomic mass is 28.2. The first-order valence-corrected chi connectivity index (χ1v) is 4.03. The van der Waals surface area contributed by atoms with Gasteiger partial charge in [0.05, 0.1) is 0 Å². The number of hydrogen-bond donors (Lipinski definition) is 0. The van der Waals surface area contributed by atoms with Gasteiger partial charge in [0, 0.05) is 0 Å². The van der Waals surface area contributed by atoms with Crippen molar-refractivity contribution >= 4 is 20.3 Å². The van der Waals surface area contributed by atoms with E-state index in [4.69, 9.17) is 0 Å². The van der Waals surface area contributed by atoms with E-state index in [2.05, 4.69) is 0 Å². The number of rotatable bonds is 4. The Morgan fingerprint density at radius 1 is 1.11 bits per heavy atom. The Bertz CT molecular complexity index is 106. The molecule has 0 fully saturated rings. The molecule has 0 saturated heterocycles. The van der Waals surface area contributed by atoms with Gasteiger partial charge in [0.2, 0.25) is 9.52 Å². The van der Waals surface area contributed by atoms with Crippen LogP contribution in [0.4, 0.5) is 0 Å². The second-order valence-electron chi connectivity index (χ2n) is 1.68. The summed E-state index contributed by atoms with van der Waals surface area (Å²) in [5.41, 5.74) is 0. The standard InChI is InChI=1S/C6H10O2Si/c1-3-5(7)9-6(8)4-2/h3-4H2,1-2H3. The molecule has 2 nitrogen and oxygen atoms in total. The van der Waals surface area contributed by atoms with Gasteiger partial charge in [0.1, 0.15) is 10.8 Å². The quantitative estimate of drug-likeness (QED) is 0.538. The van der Waals surface area contributed by atoms with Crippen molar-refractivity contribution in [1.82, 2.24) is 0 Å². The van der Waals surface area contributed by atoms with Crippen molar-refractivity contribution in [2.45, 2.75) is 26.7 Å². The Morgan fingerprint density at radius 3 is 1.67 bits per heavy atom. The maximum absolute atomic E-state index is 10.6. The van der Waals surface area contributed by atoms with Gasteiger partial charge in [0.15, 0.2) is 0 Å². The topological polar surface area (TPSA) is 34.1 Å². The summed E-state index contributed by atoms with van der Waals surface area (Å²) in [5.74, 6) is 0. The summed E-state index contributed by atoms with van der Waals surface area (Å²) in [6, 6.07) is 0. The molecule has 0 saturated carbocycles. The zero-order valence-corrected chi connectivity index (χ0v) is 6.73. The fourth-order valence-corrected chi connectivity index (χ4v) is 0.997. The van der Waals surface area contributed by atoms with E-state index in [1.165, 1.54) is 0 Å². The normalized spacial score (nSPS) is 9.11. The lowest BCUT2D eigenvalue weighted by Crippen LogP contribution is -2.17. The predicted molar refractivity (Wildman–Crippen MR) is 36.4 cm³/mol. The van der Waals surface area contributed by atoms with Crippen LogP contribution in [0.3, 0.4) is 0 Å². The summed E-state index contributed by atoms with van der Waals surface area (Å²) in [4.78, 5) is 21.1. The lowest BCUT2D eigenvalue weighted by Gasteiger charge is -1.89. The molecule has 0 heterocycles. The van der Waals surface area contributed by atoms with E-state index in [1.54, 1.807) is 13.8 Å². The van der Waals surface area contributed by atoms with Crippen LogP contribution < -0.4 is 0 Å². The first-order chi connectivity index (χ1) is 4.20. The van der Waals surface area contributed by atoms with Gasteiger partial charge in [-0.15, -0.1) is 0 Å². The monoisotopic (exact) mass is 142 g/mol. The molecule has 50 valence electrons. The smallest absolute Gasteiger partial charge is 0.222 e. The first-order valence-electron chi connectivity index (χ1n) is 3.03. The molecule has 0 aromatic rings. The molecule has 0 atom stereocenters. The molecule has 0 amide bonds. The van der Waals surface area contributed by atoms with Gasteiger partial charge < -0.3 is 9.59 Å². The average Bonchev–Trinajstić information content (AvgIpc) is 1.87. The molecule has 0 aliphatic carbocycles. The second kappa shape index (κ2) is 4.44. The van der Waals surface area contributed by atoms with E-state index >= 15 is 0 Å². The Kier molecular flexibility index (Phi) is 4.22. The molecule has 0 spiro atoms. The van der Waals surface area contributed by atoms with Crippen molar-refractivity contribution in [2.75, 3.05) is 0 Å². The SMILES string of the molecule is CCC(=O)[Si]C(=O)CC. The third kappa shape index (κ3) is 4.09. The minimum Gasteiger partial charge on any atom is -0.305 e. The molecule has 0 aliphatic rings. The third-order valence-corrected chi connectivity index (χ3v) is 2.19. The van der Waals surface area contributed by atoms with Crippen LogP contribution in [-0.2, 0) is 9.59 Å². The molecule has 2 radical (unpaired) electrons. The fraction of sp³-hybridized carbons (Fsp3) is 0.667. The van der Waals surface area contributed by atoms with Crippen LogP contribution in [0, 0.1) is 0 Å². The minimum absolute atomic E-state index is 0.0712. The zero-order chi connectivity index (χ0) is 7.28.